The van der Waals surface area contributed by atoms with Gasteiger partial charge in [-0.15, -0.1) is 11.3 Å². The van der Waals surface area contributed by atoms with Crippen LogP contribution >= 0.6 is 11.3 Å². The Balaban J connectivity index is 1.43. The van der Waals surface area contributed by atoms with Crippen LogP contribution in [0.1, 0.15) is 57.2 Å². The van der Waals surface area contributed by atoms with E-state index in [4.69, 9.17) is 0 Å². The maximum atomic E-state index is 2.63. The van der Waals surface area contributed by atoms with Gasteiger partial charge in [0.05, 0.1) is 5.69 Å². The molecular formula is C41H37BN2S. The molecule has 3 aliphatic rings. The molecule has 0 saturated carbocycles. The molecule has 0 saturated heterocycles. The highest BCUT2D eigenvalue weighted by molar-refractivity contribution is 7.33. The minimum Gasteiger partial charge on any atom is -0.311 e. The monoisotopic (exact) mass is 600 g/mol. The second-order valence-electron chi connectivity index (χ2n) is 14.5. The van der Waals surface area contributed by atoms with Gasteiger partial charge in [0.15, 0.2) is 0 Å². The summed E-state index contributed by atoms with van der Waals surface area (Å²) in [6, 6.07) is 41.1. The average molecular weight is 601 g/mol. The summed E-state index contributed by atoms with van der Waals surface area (Å²) in [4.78, 5) is 5.09. The highest BCUT2D eigenvalue weighted by Crippen LogP contribution is 2.51. The van der Waals surface area contributed by atoms with E-state index in [2.05, 4.69) is 154 Å². The molecule has 0 N–H and O–H groups in total. The van der Waals surface area contributed by atoms with E-state index in [-0.39, 0.29) is 17.5 Å². The predicted octanol–water partition coefficient (Wildman–Crippen LogP) is 9.64. The fraction of sp³-hybridized carbons (Fsp3) is 0.220. The predicted molar refractivity (Wildman–Crippen MR) is 196 cm³/mol. The number of rotatable bonds is 2. The van der Waals surface area contributed by atoms with Gasteiger partial charge in [-0.05, 0) is 107 Å². The van der Waals surface area contributed by atoms with Crippen molar-refractivity contribution in [2.24, 2.45) is 0 Å². The quantitative estimate of drug-likeness (QED) is 0.182. The van der Waals surface area contributed by atoms with E-state index in [1.807, 2.05) is 11.3 Å². The summed E-state index contributed by atoms with van der Waals surface area (Å²) in [7, 11) is 0. The molecular weight excluding hydrogens is 563 g/mol. The molecule has 0 amide bonds. The summed E-state index contributed by atoms with van der Waals surface area (Å²) in [5, 5.41) is 1.35. The molecule has 4 heteroatoms. The van der Waals surface area contributed by atoms with Crippen molar-refractivity contribution in [3.63, 3.8) is 0 Å². The van der Waals surface area contributed by atoms with Crippen LogP contribution < -0.4 is 25.5 Å². The Kier molecular flexibility index (Phi) is 5.64. The average Bonchev–Trinajstić information content (AvgIpc) is 3.41. The highest BCUT2D eigenvalue weighted by Gasteiger charge is 2.47. The molecule has 220 valence electrons. The topological polar surface area (TPSA) is 6.48 Å². The molecule has 0 unspecified atom stereocenters. The zero-order valence-corrected chi connectivity index (χ0v) is 27.5. The summed E-state index contributed by atoms with van der Waals surface area (Å²) in [5.41, 5.74) is 15.1. The zero-order valence-electron chi connectivity index (χ0n) is 26.7. The maximum absolute atomic E-state index is 2.63. The maximum Gasteiger partial charge on any atom is 0.264 e. The first kappa shape index (κ1) is 27.1. The van der Waals surface area contributed by atoms with Crippen molar-refractivity contribution in [1.29, 1.82) is 0 Å². The number of anilines is 6. The standard InChI is InChI=1S/C41H37BN2S/c1-26-19-20-36-29(23-26)38-39(45-36)42-32-24-30-31(41(4,5)22-21-40(30,2)3)25-35(32)43(27-13-8-6-9-14-27)33-17-12-18-34(37(33)42)44(38)28-15-10-7-11-16-28/h6-20,23-25H,21-22H2,1-5H3. The number of hydrogen-bond acceptors (Lipinski definition) is 3. The molecule has 5 aromatic carbocycles. The van der Waals surface area contributed by atoms with E-state index in [0.717, 1.165) is 0 Å². The van der Waals surface area contributed by atoms with Crippen LogP contribution in [0.3, 0.4) is 0 Å². The lowest BCUT2D eigenvalue weighted by Crippen LogP contribution is -2.61. The van der Waals surface area contributed by atoms with Crippen LogP contribution in [-0.4, -0.2) is 6.71 Å². The second kappa shape index (κ2) is 9.37. The van der Waals surface area contributed by atoms with Crippen LogP contribution in [0.4, 0.5) is 34.1 Å². The first-order chi connectivity index (χ1) is 21.7. The van der Waals surface area contributed by atoms with Crippen molar-refractivity contribution in [3.05, 3.63) is 126 Å². The second-order valence-corrected chi connectivity index (χ2v) is 15.6. The molecule has 6 aromatic rings. The molecule has 0 spiro atoms. The van der Waals surface area contributed by atoms with E-state index in [9.17, 15) is 0 Å². The first-order valence-electron chi connectivity index (χ1n) is 16.3. The normalized spacial score (nSPS) is 17.0. The Labute approximate surface area is 271 Å². The summed E-state index contributed by atoms with van der Waals surface area (Å²) in [6.07, 6.45) is 2.41. The Bertz CT molecular complexity index is 2140. The smallest absolute Gasteiger partial charge is 0.264 e. The summed E-state index contributed by atoms with van der Waals surface area (Å²) in [6.45, 7) is 12.2. The largest absolute Gasteiger partial charge is 0.311 e. The van der Waals surface area contributed by atoms with Crippen molar-refractivity contribution >= 4 is 78.0 Å². The van der Waals surface area contributed by atoms with Crippen molar-refractivity contribution in [1.82, 2.24) is 0 Å². The number of para-hydroxylation sites is 2. The molecule has 45 heavy (non-hydrogen) atoms. The SMILES string of the molecule is Cc1ccc2sc3c(c2c1)N(c1ccccc1)c1cccc2c1B3c1cc3c(cc1N2c1ccccc1)C(C)(C)CCC3(C)C. The third-order valence-electron chi connectivity index (χ3n) is 10.7. The molecule has 3 heterocycles. The van der Waals surface area contributed by atoms with Crippen molar-refractivity contribution < 1.29 is 0 Å². The van der Waals surface area contributed by atoms with E-state index in [1.54, 1.807) is 0 Å². The molecule has 0 radical (unpaired) electrons. The molecule has 9 rings (SSSR count). The fourth-order valence-electron chi connectivity index (χ4n) is 8.29. The lowest BCUT2D eigenvalue weighted by atomic mass is 9.35. The first-order valence-corrected chi connectivity index (χ1v) is 17.1. The summed E-state index contributed by atoms with van der Waals surface area (Å²) in [5.74, 6) is 0. The van der Waals surface area contributed by atoms with Gasteiger partial charge in [0.1, 0.15) is 0 Å². The van der Waals surface area contributed by atoms with Gasteiger partial charge in [0, 0.05) is 43.3 Å². The van der Waals surface area contributed by atoms with E-state index in [1.165, 1.54) is 89.4 Å². The lowest BCUT2D eigenvalue weighted by molar-refractivity contribution is 0.332. The van der Waals surface area contributed by atoms with Gasteiger partial charge in [-0.2, -0.15) is 0 Å². The highest BCUT2D eigenvalue weighted by atomic mass is 32.1. The number of benzene rings is 5. The molecule has 0 fully saturated rings. The zero-order chi connectivity index (χ0) is 30.7. The molecule has 0 atom stereocenters. The van der Waals surface area contributed by atoms with Crippen molar-refractivity contribution in [2.75, 3.05) is 9.80 Å². The molecule has 0 bridgehead atoms. The minimum atomic E-state index is 0.126. The van der Waals surface area contributed by atoms with Crippen LogP contribution in [0.5, 0.6) is 0 Å². The van der Waals surface area contributed by atoms with Gasteiger partial charge in [0.2, 0.25) is 0 Å². The van der Waals surface area contributed by atoms with Crippen LogP contribution in [0.15, 0.2) is 109 Å². The van der Waals surface area contributed by atoms with Gasteiger partial charge in [-0.1, -0.05) is 87.9 Å². The van der Waals surface area contributed by atoms with Crippen LogP contribution in [-0.2, 0) is 10.8 Å². The minimum absolute atomic E-state index is 0.126. The third-order valence-corrected chi connectivity index (χ3v) is 12.0. The number of hydrogen-bond donors (Lipinski definition) is 0. The van der Waals surface area contributed by atoms with Crippen molar-refractivity contribution in [2.45, 2.75) is 58.3 Å². The van der Waals surface area contributed by atoms with Crippen LogP contribution in [0.25, 0.3) is 10.1 Å². The van der Waals surface area contributed by atoms with E-state index < -0.39 is 0 Å². The van der Waals surface area contributed by atoms with Gasteiger partial charge in [0.25, 0.3) is 6.71 Å². The van der Waals surface area contributed by atoms with Crippen LogP contribution in [0.2, 0.25) is 0 Å². The summed E-state index contributed by atoms with van der Waals surface area (Å²) < 4.78 is 2.80. The Morgan fingerprint density at radius 1 is 0.622 bits per heavy atom. The van der Waals surface area contributed by atoms with Crippen molar-refractivity contribution in [3.8, 4) is 0 Å². The number of nitrogens with zero attached hydrogens (tertiary/aromatic N) is 2. The van der Waals surface area contributed by atoms with E-state index >= 15 is 0 Å². The number of fused-ring (bicyclic) bond motifs is 7. The van der Waals surface area contributed by atoms with Gasteiger partial charge in [-0.25, -0.2) is 0 Å². The molecule has 1 aliphatic carbocycles. The lowest BCUT2D eigenvalue weighted by Gasteiger charge is -2.46. The molecule has 2 aliphatic heterocycles. The fourth-order valence-corrected chi connectivity index (χ4v) is 9.59. The third kappa shape index (κ3) is 3.82. The Morgan fingerprint density at radius 2 is 1.22 bits per heavy atom. The summed E-state index contributed by atoms with van der Waals surface area (Å²) >= 11 is 1.98. The van der Waals surface area contributed by atoms with Gasteiger partial charge in [-0.3, -0.25) is 0 Å². The Hall–Kier alpha value is -4.28. The number of thiophene rings is 1. The van der Waals surface area contributed by atoms with Crippen LogP contribution in [0, 0.1) is 6.92 Å². The Morgan fingerprint density at radius 3 is 1.89 bits per heavy atom. The van der Waals surface area contributed by atoms with E-state index in [0.29, 0.717) is 0 Å². The van der Waals surface area contributed by atoms with Gasteiger partial charge >= 0.3 is 0 Å². The van der Waals surface area contributed by atoms with Gasteiger partial charge < -0.3 is 9.80 Å². The number of aryl methyl sites for hydroxylation is 1. The molecule has 1 aromatic heterocycles. The molecule has 2 nitrogen and oxygen atoms in total.